The Morgan fingerprint density at radius 1 is 1.24 bits per heavy atom. The third kappa shape index (κ3) is 2.34. The van der Waals surface area contributed by atoms with E-state index >= 15 is 0 Å². The predicted molar refractivity (Wildman–Crippen MR) is 62.4 cm³/mol. The lowest BCUT2D eigenvalue weighted by molar-refractivity contribution is 0.355. The average Bonchev–Trinajstić information content (AvgIpc) is 2.86. The summed E-state index contributed by atoms with van der Waals surface area (Å²) in [5.74, 6) is 2.32. The van der Waals surface area contributed by atoms with Crippen LogP contribution < -0.4 is 9.47 Å². The van der Waals surface area contributed by atoms with E-state index in [0.717, 1.165) is 5.56 Å². The molecule has 0 unspecified atom stereocenters. The molecule has 17 heavy (non-hydrogen) atoms. The fraction of sp³-hybridized carbons (Fsp3) is 0.273. The van der Waals surface area contributed by atoms with Crippen LogP contribution in [0.25, 0.3) is 11.4 Å². The van der Waals surface area contributed by atoms with Crippen LogP contribution in [0.1, 0.15) is 5.89 Å². The summed E-state index contributed by atoms with van der Waals surface area (Å²) < 4.78 is 15.3. The number of ether oxygens (including phenoxy) is 2. The molecule has 0 radical (unpaired) electrons. The van der Waals surface area contributed by atoms with Gasteiger partial charge in [-0.2, -0.15) is 4.98 Å². The zero-order valence-electron chi connectivity index (χ0n) is 9.44. The maximum Gasteiger partial charge on any atom is 0.241 e. The summed E-state index contributed by atoms with van der Waals surface area (Å²) in [6.07, 6.45) is 0. The van der Waals surface area contributed by atoms with Crippen LogP contribution in [0.3, 0.4) is 0 Å². The summed E-state index contributed by atoms with van der Waals surface area (Å²) in [4.78, 5) is 4.12. The number of hydrogen-bond donors (Lipinski definition) is 0. The Morgan fingerprint density at radius 2 is 2.00 bits per heavy atom. The van der Waals surface area contributed by atoms with Crippen LogP contribution in [-0.4, -0.2) is 24.4 Å². The second kappa shape index (κ2) is 5.05. The average molecular weight is 255 g/mol. The minimum atomic E-state index is 0.195. The number of benzene rings is 1. The molecule has 1 aromatic heterocycles. The third-order valence-electron chi connectivity index (χ3n) is 2.22. The monoisotopic (exact) mass is 254 g/mol. The second-order valence-corrected chi connectivity index (χ2v) is 3.48. The molecular weight excluding hydrogens is 244 g/mol. The molecule has 1 heterocycles. The number of hydrogen-bond acceptors (Lipinski definition) is 5. The zero-order chi connectivity index (χ0) is 12.3. The highest BCUT2D eigenvalue weighted by Crippen LogP contribution is 2.31. The lowest BCUT2D eigenvalue weighted by Gasteiger charge is -2.07. The molecule has 0 N–H and O–H groups in total. The first-order chi connectivity index (χ1) is 8.28. The molecule has 2 rings (SSSR count). The molecule has 0 aliphatic rings. The van der Waals surface area contributed by atoms with Crippen LogP contribution in [0.5, 0.6) is 11.5 Å². The summed E-state index contributed by atoms with van der Waals surface area (Å²) in [5, 5.41) is 3.82. The van der Waals surface area contributed by atoms with Gasteiger partial charge in [0.1, 0.15) is 5.88 Å². The van der Waals surface area contributed by atoms with Crippen molar-refractivity contribution >= 4 is 11.6 Å². The first-order valence-electron chi connectivity index (χ1n) is 4.89. The van der Waals surface area contributed by atoms with Crippen molar-refractivity contribution in [3.05, 3.63) is 24.1 Å². The molecule has 0 atom stereocenters. The Bertz CT molecular complexity index is 513. The number of alkyl halides is 1. The highest BCUT2D eigenvalue weighted by Gasteiger charge is 2.11. The van der Waals surface area contributed by atoms with Gasteiger partial charge >= 0.3 is 0 Å². The minimum absolute atomic E-state index is 0.195. The predicted octanol–water partition coefficient (Wildman–Crippen LogP) is 2.49. The minimum Gasteiger partial charge on any atom is -0.493 e. The lowest BCUT2D eigenvalue weighted by Crippen LogP contribution is -1.91. The number of nitrogens with zero attached hydrogens (tertiary/aromatic N) is 2. The molecule has 0 bridgehead atoms. The number of methoxy groups -OCH3 is 2. The molecule has 0 fully saturated rings. The van der Waals surface area contributed by atoms with Crippen molar-refractivity contribution in [3.63, 3.8) is 0 Å². The summed E-state index contributed by atoms with van der Waals surface area (Å²) in [6.45, 7) is 0. The van der Waals surface area contributed by atoms with E-state index < -0.39 is 0 Å². The van der Waals surface area contributed by atoms with E-state index in [0.29, 0.717) is 23.2 Å². The van der Waals surface area contributed by atoms with E-state index in [1.807, 2.05) is 6.07 Å². The van der Waals surface area contributed by atoms with Crippen LogP contribution in [0.4, 0.5) is 0 Å². The van der Waals surface area contributed by atoms with Gasteiger partial charge in [0.05, 0.1) is 14.2 Å². The summed E-state index contributed by atoms with van der Waals surface area (Å²) in [7, 11) is 3.15. The van der Waals surface area contributed by atoms with Gasteiger partial charge in [0.25, 0.3) is 0 Å². The Balaban J connectivity index is 2.38. The molecule has 0 spiro atoms. The van der Waals surface area contributed by atoms with Gasteiger partial charge in [-0.1, -0.05) is 5.16 Å². The summed E-state index contributed by atoms with van der Waals surface area (Å²) in [5.41, 5.74) is 0.780. The topological polar surface area (TPSA) is 57.4 Å². The molecular formula is C11H11ClN2O3. The van der Waals surface area contributed by atoms with Gasteiger partial charge in [-0.15, -0.1) is 11.6 Å². The van der Waals surface area contributed by atoms with Crippen molar-refractivity contribution in [2.45, 2.75) is 5.88 Å². The Hall–Kier alpha value is -1.75. The first-order valence-corrected chi connectivity index (χ1v) is 5.43. The van der Waals surface area contributed by atoms with Crippen LogP contribution in [0.2, 0.25) is 0 Å². The van der Waals surface area contributed by atoms with E-state index in [1.54, 1.807) is 26.4 Å². The van der Waals surface area contributed by atoms with Crippen LogP contribution in [0, 0.1) is 0 Å². The molecule has 0 aliphatic heterocycles. The zero-order valence-corrected chi connectivity index (χ0v) is 10.2. The first kappa shape index (κ1) is 11.7. The SMILES string of the molecule is COc1ccc(-c2noc(CCl)n2)cc1OC. The number of aromatic nitrogens is 2. The molecule has 1 aromatic carbocycles. The number of rotatable bonds is 4. The fourth-order valence-electron chi connectivity index (χ4n) is 1.40. The molecule has 0 saturated heterocycles. The molecule has 5 nitrogen and oxygen atoms in total. The largest absolute Gasteiger partial charge is 0.493 e. The maximum atomic E-state index is 5.59. The van der Waals surface area contributed by atoms with Gasteiger partial charge in [-0.25, -0.2) is 0 Å². The smallest absolute Gasteiger partial charge is 0.241 e. The third-order valence-corrected chi connectivity index (χ3v) is 2.45. The quantitative estimate of drug-likeness (QED) is 0.785. The van der Waals surface area contributed by atoms with Crippen molar-refractivity contribution in [2.24, 2.45) is 0 Å². The highest BCUT2D eigenvalue weighted by molar-refractivity contribution is 6.16. The molecule has 0 amide bonds. The van der Waals surface area contributed by atoms with Crippen molar-refractivity contribution < 1.29 is 14.0 Å². The van der Waals surface area contributed by atoms with Gasteiger partial charge in [0, 0.05) is 5.56 Å². The van der Waals surface area contributed by atoms with Gasteiger partial charge in [0.15, 0.2) is 11.5 Å². The summed E-state index contributed by atoms with van der Waals surface area (Å²) >= 11 is 5.59. The standard InChI is InChI=1S/C11H11ClN2O3/c1-15-8-4-3-7(5-9(8)16-2)11-13-10(6-12)17-14-11/h3-5H,6H2,1-2H3. The van der Waals surface area contributed by atoms with Crippen LogP contribution in [-0.2, 0) is 5.88 Å². The van der Waals surface area contributed by atoms with Crippen LogP contribution in [0.15, 0.2) is 22.7 Å². The molecule has 0 saturated carbocycles. The van der Waals surface area contributed by atoms with Crippen LogP contribution >= 0.6 is 11.6 Å². The Kier molecular flexibility index (Phi) is 3.49. The Labute approximate surface area is 103 Å². The van der Waals surface area contributed by atoms with E-state index in [1.165, 1.54) is 0 Å². The lowest BCUT2D eigenvalue weighted by atomic mass is 10.2. The second-order valence-electron chi connectivity index (χ2n) is 3.22. The van der Waals surface area contributed by atoms with E-state index in [-0.39, 0.29) is 5.88 Å². The van der Waals surface area contributed by atoms with Crippen molar-refractivity contribution in [1.82, 2.24) is 10.1 Å². The van der Waals surface area contributed by atoms with Gasteiger partial charge in [-0.05, 0) is 18.2 Å². The highest BCUT2D eigenvalue weighted by atomic mass is 35.5. The van der Waals surface area contributed by atoms with Crippen molar-refractivity contribution in [3.8, 4) is 22.9 Å². The molecule has 90 valence electrons. The summed E-state index contributed by atoms with van der Waals surface area (Å²) in [6, 6.07) is 5.39. The normalized spacial score (nSPS) is 10.3. The van der Waals surface area contributed by atoms with Crippen molar-refractivity contribution in [1.29, 1.82) is 0 Å². The fourth-order valence-corrected chi connectivity index (χ4v) is 1.51. The van der Waals surface area contributed by atoms with E-state index in [9.17, 15) is 0 Å². The number of halogens is 1. The van der Waals surface area contributed by atoms with Crippen molar-refractivity contribution in [2.75, 3.05) is 14.2 Å². The molecule has 0 aliphatic carbocycles. The van der Waals surface area contributed by atoms with E-state index in [4.69, 9.17) is 25.6 Å². The van der Waals surface area contributed by atoms with Gasteiger partial charge < -0.3 is 14.0 Å². The molecule has 6 heteroatoms. The van der Waals surface area contributed by atoms with Gasteiger partial charge in [-0.3, -0.25) is 0 Å². The van der Waals surface area contributed by atoms with E-state index in [2.05, 4.69) is 10.1 Å². The van der Waals surface area contributed by atoms with Gasteiger partial charge in [0.2, 0.25) is 11.7 Å². The Morgan fingerprint density at radius 3 is 2.59 bits per heavy atom. The maximum absolute atomic E-state index is 5.59. The molecule has 2 aromatic rings.